The second-order valence-electron chi connectivity index (χ2n) is 4.98. The third kappa shape index (κ3) is 3.51. The number of fused-ring (bicyclic) bond motifs is 1. The van der Waals surface area contributed by atoms with Gasteiger partial charge in [0, 0.05) is 11.6 Å². The van der Waals surface area contributed by atoms with Crippen LogP contribution in [0.1, 0.15) is 38.3 Å². The highest BCUT2D eigenvalue weighted by Crippen LogP contribution is 2.38. The number of allylic oxidation sites excluding steroid dienone is 1. The minimum Gasteiger partial charge on any atom is -0.486 e. The number of nitrogens with one attached hydrogen (secondary N) is 1. The summed E-state index contributed by atoms with van der Waals surface area (Å²) in [5, 5.41) is 3.53. The van der Waals surface area contributed by atoms with E-state index in [1.54, 1.807) is 0 Å². The van der Waals surface area contributed by atoms with Gasteiger partial charge in [-0.1, -0.05) is 24.6 Å². The zero-order chi connectivity index (χ0) is 13.7. The predicted octanol–water partition coefficient (Wildman–Crippen LogP) is 3.46. The molecule has 3 heteroatoms. The van der Waals surface area contributed by atoms with Crippen molar-refractivity contribution in [3.8, 4) is 11.5 Å². The monoisotopic (exact) mass is 261 g/mol. The van der Waals surface area contributed by atoms with Crippen LogP contribution in [0.3, 0.4) is 0 Å². The van der Waals surface area contributed by atoms with Crippen LogP contribution in [-0.4, -0.2) is 19.8 Å². The van der Waals surface area contributed by atoms with Crippen molar-refractivity contribution in [2.75, 3.05) is 19.8 Å². The molecule has 1 heterocycles. The van der Waals surface area contributed by atoms with E-state index >= 15 is 0 Å². The van der Waals surface area contributed by atoms with Gasteiger partial charge in [0.1, 0.15) is 13.2 Å². The van der Waals surface area contributed by atoms with Crippen LogP contribution >= 0.6 is 0 Å². The Morgan fingerprint density at radius 3 is 2.89 bits per heavy atom. The van der Waals surface area contributed by atoms with Crippen molar-refractivity contribution in [2.24, 2.45) is 0 Å². The molecule has 0 fully saturated rings. The summed E-state index contributed by atoms with van der Waals surface area (Å²) in [5.74, 6) is 1.77. The second-order valence-corrected chi connectivity index (χ2v) is 4.98. The molecular weight excluding hydrogens is 238 g/mol. The Balaban J connectivity index is 2.22. The van der Waals surface area contributed by atoms with Gasteiger partial charge in [0.15, 0.2) is 11.5 Å². The maximum absolute atomic E-state index is 5.80. The summed E-state index contributed by atoms with van der Waals surface area (Å²) in [6.07, 6.45) is 2.05. The van der Waals surface area contributed by atoms with Crippen LogP contribution in [0.4, 0.5) is 0 Å². The Hall–Kier alpha value is -1.48. The first-order valence-electron chi connectivity index (χ1n) is 6.98. The first-order valence-corrected chi connectivity index (χ1v) is 6.98. The molecule has 1 unspecified atom stereocenters. The van der Waals surface area contributed by atoms with Crippen LogP contribution in [-0.2, 0) is 0 Å². The van der Waals surface area contributed by atoms with Gasteiger partial charge in [-0.15, -0.1) is 6.58 Å². The van der Waals surface area contributed by atoms with Gasteiger partial charge in [-0.25, -0.2) is 0 Å². The van der Waals surface area contributed by atoms with E-state index in [-0.39, 0.29) is 0 Å². The van der Waals surface area contributed by atoms with E-state index in [0.29, 0.717) is 19.3 Å². The Bertz CT molecular complexity index is 442. The highest BCUT2D eigenvalue weighted by atomic mass is 16.6. The first kappa shape index (κ1) is 13.9. The maximum Gasteiger partial charge on any atom is 0.166 e. The number of ether oxygens (including phenoxy) is 2. The Labute approximate surface area is 115 Å². The number of benzene rings is 1. The van der Waals surface area contributed by atoms with Crippen LogP contribution in [0.25, 0.3) is 0 Å². The van der Waals surface area contributed by atoms with Crippen molar-refractivity contribution in [1.82, 2.24) is 5.32 Å². The number of rotatable bonds is 6. The fourth-order valence-corrected chi connectivity index (χ4v) is 2.38. The quantitative estimate of drug-likeness (QED) is 0.795. The number of hydrogen-bond acceptors (Lipinski definition) is 3. The molecule has 0 bridgehead atoms. The van der Waals surface area contributed by atoms with Crippen molar-refractivity contribution in [3.63, 3.8) is 0 Å². The van der Waals surface area contributed by atoms with Crippen molar-refractivity contribution in [2.45, 2.75) is 32.7 Å². The van der Waals surface area contributed by atoms with Crippen LogP contribution in [0, 0.1) is 0 Å². The molecule has 1 aromatic rings. The largest absolute Gasteiger partial charge is 0.486 e. The average Bonchev–Trinajstić information content (AvgIpc) is 2.43. The molecule has 0 aliphatic carbocycles. The summed E-state index contributed by atoms with van der Waals surface area (Å²) < 4.78 is 11.4. The molecular formula is C16H23NO2. The molecule has 0 radical (unpaired) electrons. The zero-order valence-electron chi connectivity index (χ0n) is 11.9. The molecule has 0 saturated heterocycles. The van der Waals surface area contributed by atoms with Crippen LogP contribution in [0.2, 0.25) is 0 Å². The van der Waals surface area contributed by atoms with E-state index < -0.39 is 0 Å². The van der Waals surface area contributed by atoms with E-state index in [0.717, 1.165) is 30.9 Å². The normalized spacial score (nSPS) is 15.1. The maximum atomic E-state index is 5.80. The summed E-state index contributed by atoms with van der Waals surface area (Å²) in [6, 6.07) is 6.42. The number of para-hydroxylation sites is 1. The molecule has 1 atom stereocenters. The summed E-state index contributed by atoms with van der Waals surface area (Å²) in [6.45, 7) is 10.4. The average molecular weight is 261 g/mol. The van der Waals surface area contributed by atoms with E-state index in [1.807, 2.05) is 12.1 Å². The molecule has 104 valence electrons. The van der Waals surface area contributed by atoms with Crippen molar-refractivity contribution < 1.29 is 9.47 Å². The molecule has 1 aromatic carbocycles. The number of hydrogen-bond donors (Lipinski definition) is 1. The third-order valence-electron chi connectivity index (χ3n) is 3.28. The van der Waals surface area contributed by atoms with Gasteiger partial charge >= 0.3 is 0 Å². The molecule has 1 N–H and O–H groups in total. The SMILES string of the molecule is C=C(C)CCC(NCC)c1cccc2c1OCCO2. The van der Waals surface area contributed by atoms with Gasteiger partial charge < -0.3 is 14.8 Å². The van der Waals surface area contributed by atoms with E-state index in [4.69, 9.17) is 9.47 Å². The fraction of sp³-hybridized carbons (Fsp3) is 0.500. The van der Waals surface area contributed by atoms with Gasteiger partial charge in [-0.2, -0.15) is 0 Å². The van der Waals surface area contributed by atoms with Crippen molar-refractivity contribution in [1.29, 1.82) is 0 Å². The highest BCUT2D eigenvalue weighted by Gasteiger charge is 2.21. The van der Waals surface area contributed by atoms with Gasteiger partial charge in [0.25, 0.3) is 0 Å². The summed E-state index contributed by atoms with van der Waals surface area (Å²) in [5.41, 5.74) is 2.41. The topological polar surface area (TPSA) is 30.5 Å². The zero-order valence-corrected chi connectivity index (χ0v) is 11.9. The summed E-state index contributed by atoms with van der Waals surface area (Å²) >= 11 is 0. The predicted molar refractivity (Wildman–Crippen MR) is 77.9 cm³/mol. The van der Waals surface area contributed by atoms with Gasteiger partial charge in [0.05, 0.1) is 0 Å². The highest BCUT2D eigenvalue weighted by molar-refractivity contribution is 5.49. The first-order chi connectivity index (χ1) is 9.22. The lowest BCUT2D eigenvalue weighted by Gasteiger charge is -2.26. The third-order valence-corrected chi connectivity index (χ3v) is 3.28. The Morgan fingerprint density at radius 1 is 1.37 bits per heavy atom. The Kier molecular flexibility index (Phi) is 4.86. The van der Waals surface area contributed by atoms with Gasteiger partial charge in [-0.3, -0.25) is 0 Å². The molecule has 0 amide bonds. The van der Waals surface area contributed by atoms with Crippen molar-refractivity contribution >= 4 is 0 Å². The fourth-order valence-electron chi connectivity index (χ4n) is 2.38. The molecule has 0 saturated carbocycles. The molecule has 3 nitrogen and oxygen atoms in total. The standard InChI is InChI=1S/C16H23NO2/c1-4-17-14(9-8-12(2)3)13-6-5-7-15-16(13)19-11-10-18-15/h5-7,14,17H,2,4,8-11H2,1,3H3. The smallest absolute Gasteiger partial charge is 0.166 e. The van der Waals surface area contributed by atoms with Crippen LogP contribution in [0.15, 0.2) is 30.4 Å². The van der Waals surface area contributed by atoms with E-state index in [1.165, 1.54) is 11.1 Å². The molecule has 1 aliphatic rings. The van der Waals surface area contributed by atoms with Crippen LogP contribution < -0.4 is 14.8 Å². The molecule has 1 aliphatic heterocycles. The van der Waals surface area contributed by atoms with E-state index in [2.05, 4.69) is 31.8 Å². The summed E-state index contributed by atoms with van der Waals surface area (Å²) in [7, 11) is 0. The van der Waals surface area contributed by atoms with Crippen LogP contribution in [0.5, 0.6) is 11.5 Å². The Morgan fingerprint density at radius 2 is 2.16 bits per heavy atom. The minimum absolute atomic E-state index is 0.290. The lowest BCUT2D eigenvalue weighted by Crippen LogP contribution is -2.24. The lowest BCUT2D eigenvalue weighted by atomic mass is 9.98. The van der Waals surface area contributed by atoms with E-state index in [9.17, 15) is 0 Å². The molecule has 0 spiro atoms. The minimum atomic E-state index is 0.290. The molecule has 2 rings (SSSR count). The lowest BCUT2D eigenvalue weighted by molar-refractivity contribution is 0.168. The molecule has 0 aromatic heterocycles. The summed E-state index contributed by atoms with van der Waals surface area (Å²) in [4.78, 5) is 0. The van der Waals surface area contributed by atoms with Crippen molar-refractivity contribution in [3.05, 3.63) is 35.9 Å². The second kappa shape index (κ2) is 6.62. The molecule has 19 heavy (non-hydrogen) atoms. The van der Waals surface area contributed by atoms with Gasteiger partial charge in [-0.05, 0) is 32.4 Å². The van der Waals surface area contributed by atoms with Gasteiger partial charge in [0.2, 0.25) is 0 Å².